The van der Waals surface area contributed by atoms with Gasteiger partial charge in [0, 0.05) is 18.1 Å². The molecule has 0 amide bonds. The average Bonchev–Trinajstić information content (AvgIpc) is 2.71. The smallest absolute Gasteiger partial charge is 0.147 e. The van der Waals surface area contributed by atoms with Gasteiger partial charge in [-0.2, -0.15) is 0 Å². The normalized spacial score (nSPS) is 27.2. The molecular weight excluding hydrogens is 236 g/mol. The standard InChI is InChI=1S/C12H26N2O2S/c1-3-10-6-7-11(9-10)12(14-13)5-4-8-17(2,15)16/h10-12,14H,3-9,13H2,1-2H3. The monoisotopic (exact) mass is 262 g/mol. The van der Waals surface area contributed by atoms with E-state index in [1.165, 1.54) is 31.9 Å². The summed E-state index contributed by atoms with van der Waals surface area (Å²) in [5, 5.41) is 0. The highest BCUT2D eigenvalue weighted by Gasteiger charge is 2.29. The first-order valence-corrected chi connectivity index (χ1v) is 8.66. The predicted octanol–water partition coefficient (Wildman–Crippen LogP) is 1.47. The van der Waals surface area contributed by atoms with E-state index in [2.05, 4.69) is 12.3 Å². The quantitative estimate of drug-likeness (QED) is 0.538. The highest BCUT2D eigenvalue weighted by molar-refractivity contribution is 7.90. The van der Waals surface area contributed by atoms with E-state index in [-0.39, 0.29) is 11.8 Å². The van der Waals surface area contributed by atoms with Crippen LogP contribution in [0.2, 0.25) is 0 Å². The van der Waals surface area contributed by atoms with Crippen LogP contribution in [0.15, 0.2) is 0 Å². The number of hydrogen-bond acceptors (Lipinski definition) is 4. The van der Waals surface area contributed by atoms with Crippen LogP contribution in [0, 0.1) is 11.8 Å². The summed E-state index contributed by atoms with van der Waals surface area (Å²) in [5.41, 5.74) is 2.88. The van der Waals surface area contributed by atoms with Gasteiger partial charge in [0.15, 0.2) is 0 Å². The molecule has 0 radical (unpaired) electrons. The zero-order chi connectivity index (χ0) is 12.9. The molecule has 0 aromatic heterocycles. The first-order valence-electron chi connectivity index (χ1n) is 6.60. The number of hydrazine groups is 1. The SMILES string of the molecule is CCC1CCC(C(CCCS(C)(=O)=O)NN)C1. The van der Waals surface area contributed by atoms with Crippen molar-refractivity contribution in [1.82, 2.24) is 5.43 Å². The highest BCUT2D eigenvalue weighted by Crippen LogP contribution is 2.35. The number of rotatable bonds is 7. The molecule has 3 unspecified atom stereocenters. The molecule has 5 heteroatoms. The predicted molar refractivity (Wildman–Crippen MR) is 71.2 cm³/mol. The molecule has 3 N–H and O–H groups in total. The zero-order valence-electron chi connectivity index (χ0n) is 11.0. The van der Waals surface area contributed by atoms with E-state index in [9.17, 15) is 8.42 Å². The van der Waals surface area contributed by atoms with Gasteiger partial charge in [-0.15, -0.1) is 0 Å². The van der Waals surface area contributed by atoms with E-state index < -0.39 is 9.84 Å². The molecule has 0 spiro atoms. The Hall–Kier alpha value is -0.130. The van der Waals surface area contributed by atoms with Crippen molar-refractivity contribution in [2.45, 2.75) is 51.5 Å². The zero-order valence-corrected chi connectivity index (χ0v) is 11.8. The molecule has 1 aliphatic rings. The highest BCUT2D eigenvalue weighted by atomic mass is 32.2. The van der Waals surface area contributed by atoms with Crippen molar-refractivity contribution in [3.05, 3.63) is 0 Å². The second-order valence-corrected chi connectivity index (χ2v) is 7.65. The first kappa shape index (κ1) is 14.9. The van der Waals surface area contributed by atoms with Gasteiger partial charge in [0.1, 0.15) is 9.84 Å². The molecule has 1 aliphatic carbocycles. The van der Waals surface area contributed by atoms with Crippen molar-refractivity contribution in [2.75, 3.05) is 12.0 Å². The van der Waals surface area contributed by atoms with Crippen molar-refractivity contribution in [1.29, 1.82) is 0 Å². The average molecular weight is 262 g/mol. The van der Waals surface area contributed by atoms with E-state index >= 15 is 0 Å². The van der Waals surface area contributed by atoms with Crippen molar-refractivity contribution < 1.29 is 8.42 Å². The summed E-state index contributed by atoms with van der Waals surface area (Å²) >= 11 is 0. The van der Waals surface area contributed by atoms with Crippen LogP contribution >= 0.6 is 0 Å². The first-order chi connectivity index (χ1) is 7.96. The van der Waals surface area contributed by atoms with E-state index in [1.807, 2.05) is 0 Å². The van der Waals surface area contributed by atoms with E-state index in [0.29, 0.717) is 12.3 Å². The number of hydrogen-bond donors (Lipinski definition) is 2. The molecule has 0 aliphatic heterocycles. The van der Waals surface area contributed by atoms with E-state index in [4.69, 9.17) is 5.84 Å². The molecule has 17 heavy (non-hydrogen) atoms. The van der Waals surface area contributed by atoms with Gasteiger partial charge < -0.3 is 0 Å². The third-order valence-corrected chi connectivity index (χ3v) is 5.00. The van der Waals surface area contributed by atoms with Gasteiger partial charge >= 0.3 is 0 Å². The lowest BCUT2D eigenvalue weighted by Gasteiger charge is -2.22. The summed E-state index contributed by atoms with van der Waals surface area (Å²) in [6.07, 6.45) is 7.88. The lowest BCUT2D eigenvalue weighted by molar-refractivity contribution is 0.331. The maximum absolute atomic E-state index is 11.1. The van der Waals surface area contributed by atoms with Gasteiger partial charge in [0.2, 0.25) is 0 Å². The van der Waals surface area contributed by atoms with Gasteiger partial charge in [-0.3, -0.25) is 11.3 Å². The Morgan fingerprint density at radius 1 is 1.41 bits per heavy atom. The van der Waals surface area contributed by atoms with Crippen LogP contribution in [0.1, 0.15) is 45.4 Å². The topological polar surface area (TPSA) is 72.2 Å². The second kappa shape index (κ2) is 6.71. The Labute approximate surface area is 105 Å². The largest absolute Gasteiger partial charge is 0.271 e. The van der Waals surface area contributed by atoms with E-state index in [0.717, 1.165) is 12.3 Å². The summed E-state index contributed by atoms with van der Waals surface area (Å²) < 4.78 is 22.1. The van der Waals surface area contributed by atoms with Gasteiger partial charge in [-0.1, -0.05) is 19.8 Å². The van der Waals surface area contributed by atoms with Crippen LogP contribution in [0.4, 0.5) is 0 Å². The van der Waals surface area contributed by atoms with Crippen molar-refractivity contribution in [3.63, 3.8) is 0 Å². The van der Waals surface area contributed by atoms with Crippen LogP contribution in [-0.4, -0.2) is 26.5 Å². The molecule has 0 bridgehead atoms. The summed E-state index contributed by atoms with van der Waals surface area (Å²) in [6, 6.07) is 0.285. The molecule has 0 heterocycles. The number of nitrogens with two attached hydrogens (primary N) is 1. The van der Waals surface area contributed by atoms with Crippen molar-refractivity contribution in [3.8, 4) is 0 Å². The Bertz CT molecular complexity index is 316. The third kappa shape index (κ3) is 5.36. The van der Waals surface area contributed by atoms with Crippen molar-refractivity contribution in [2.24, 2.45) is 17.7 Å². The summed E-state index contributed by atoms with van der Waals surface area (Å²) in [6.45, 7) is 2.24. The molecule has 102 valence electrons. The summed E-state index contributed by atoms with van der Waals surface area (Å²) in [7, 11) is -2.84. The van der Waals surface area contributed by atoms with Gasteiger partial charge in [0.25, 0.3) is 0 Å². The fourth-order valence-electron chi connectivity index (χ4n) is 2.87. The van der Waals surface area contributed by atoms with Gasteiger partial charge in [-0.25, -0.2) is 8.42 Å². The molecule has 1 saturated carbocycles. The van der Waals surface area contributed by atoms with Crippen LogP contribution < -0.4 is 11.3 Å². The molecule has 4 nitrogen and oxygen atoms in total. The van der Waals surface area contributed by atoms with E-state index in [1.54, 1.807) is 0 Å². The Balaban J connectivity index is 2.34. The molecule has 1 rings (SSSR count). The Morgan fingerprint density at radius 2 is 2.12 bits per heavy atom. The maximum atomic E-state index is 11.1. The van der Waals surface area contributed by atoms with Crippen LogP contribution in [-0.2, 0) is 9.84 Å². The van der Waals surface area contributed by atoms with Crippen LogP contribution in [0.5, 0.6) is 0 Å². The number of nitrogens with one attached hydrogen (secondary N) is 1. The minimum absolute atomic E-state index is 0.273. The lowest BCUT2D eigenvalue weighted by atomic mass is 9.93. The Morgan fingerprint density at radius 3 is 2.59 bits per heavy atom. The maximum Gasteiger partial charge on any atom is 0.147 e. The second-order valence-electron chi connectivity index (χ2n) is 5.39. The third-order valence-electron chi connectivity index (χ3n) is 3.97. The summed E-state index contributed by atoms with van der Waals surface area (Å²) in [4.78, 5) is 0. The fraction of sp³-hybridized carbons (Fsp3) is 1.00. The molecule has 0 saturated heterocycles. The summed E-state index contributed by atoms with van der Waals surface area (Å²) in [5.74, 6) is 7.33. The van der Waals surface area contributed by atoms with Crippen molar-refractivity contribution >= 4 is 9.84 Å². The lowest BCUT2D eigenvalue weighted by Crippen LogP contribution is -2.40. The molecule has 0 aromatic rings. The minimum atomic E-state index is -2.84. The molecule has 3 atom stereocenters. The molecule has 0 aromatic carbocycles. The van der Waals surface area contributed by atoms with Gasteiger partial charge in [0.05, 0.1) is 0 Å². The molecular formula is C12H26N2O2S. The molecule has 1 fully saturated rings. The van der Waals surface area contributed by atoms with Crippen LogP contribution in [0.3, 0.4) is 0 Å². The van der Waals surface area contributed by atoms with Crippen LogP contribution in [0.25, 0.3) is 0 Å². The number of sulfone groups is 1. The Kier molecular flexibility index (Phi) is 5.89. The van der Waals surface area contributed by atoms with Gasteiger partial charge in [-0.05, 0) is 37.5 Å². The fourth-order valence-corrected chi connectivity index (χ4v) is 3.56. The minimum Gasteiger partial charge on any atom is -0.271 e.